The Morgan fingerprint density at radius 3 is 2.90 bits per heavy atom. The van der Waals surface area contributed by atoms with Gasteiger partial charge >= 0.3 is 0 Å². The zero-order valence-corrected chi connectivity index (χ0v) is 11.7. The molecule has 104 valence electrons. The summed E-state index contributed by atoms with van der Waals surface area (Å²) in [7, 11) is 0. The molecule has 2 aromatic carbocycles. The lowest BCUT2D eigenvalue weighted by atomic mass is 10.1. The van der Waals surface area contributed by atoms with Crippen molar-refractivity contribution in [1.82, 2.24) is 9.97 Å². The highest BCUT2D eigenvalue weighted by Gasteiger charge is 2.18. The summed E-state index contributed by atoms with van der Waals surface area (Å²) in [6, 6.07) is 14.8. The van der Waals surface area contributed by atoms with Gasteiger partial charge in [-0.25, -0.2) is 4.98 Å². The Hall–Kier alpha value is -2.62. The van der Waals surface area contributed by atoms with Crippen molar-refractivity contribution < 1.29 is 0 Å². The van der Waals surface area contributed by atoms with Gasteiger partial charge < -0.3 is 4.98 Å². The molecule has 0 saturated heterocycles. The fourth-order valence-electron chi connectivity index (χ4n) is 2.83. The van der Waals surface area contributed by atoms with Crippen LogP contribution < -0.4 is 5.01 Å². The molecule has 0 bridgehead atoms. The molecule has 0 spiro atoms. The molecule has 0 unspecified atom stereocenters. The lowest BCUT2D eigenvalue weighted by molar-refractivity contribution is 0.927. The van der Waals surface area contributed by atoms with Crippen molar-refractivity contribution in [3.63, 3.8) is 0 Å². The highest BCUT2D eigenvalue weighted by Crippen LogP contribution is 2.29. The molecule has 0 saturated carbocycles. The zero-order chi connectivity index (χ0) is 14.1. The van der Waals surface area contributed by atoms with E-state index in [0.29, 0.717) is 0 Å². The molecule has 21 heavy (non-hydrogen) atoms. The van der Waals surface area contributed by atoms with Crippen molar-refractivity contribution in [1.29, 1.82) is 0 Å². The Morgan fingerprint density at radius 1 is 1.10 bits per heavy atom. The van der Waals surface area contributed by atoms with E-state index in [1.54, 1.807) is 6.20 Å². The fourth-order valence-corrected chi connectivity index (χ4v) is 2.83. The van der Waals surface area contributed by atoms with E-state index in [-0.39, 0.29) is 0 Å². The Morgan fingerprint density at radius 2 is 2.00 bits per heavy atom. The molecule has 4 rings (SSSR count). The number of aromatic nitrogens is 2. The van der Waals surface area contributed by atoms with Gasteiger partial charge in [0.05, 0.1) is 5.69 Å². The minimum atomic E-state index is 0.800. The van der Waals surface area contributed by atoms with Crippen molar-refractivity contribution in [3.8, 4) is 0 Å². The molecule has 1 aliphatic heterocycles. The number of benzene rings is 2. The highest BCUT2D eigenvalue weighted by atomic mass is 15.5. The zero-order valence-electron chi connectivity index (χ0n) is 11.7. The number of hydrogen-bond acceptors (Lipinski definition) is 3. The van der Waals surface area contributed by atoms with E-state index in [9.17, 15) is 0 Å². The van der Waals surface area contributed by atoms with Gasteiger partial charge in [-0.15, -0.1) is 0 Å². The van der Waals surface area contributed by atoms with Crippen LogP contribution in [0.3, 0.4) is 0 Å². The van der Waals surface area contributed by atoms with E-state index in [2.05, 4.69) is 57.4 Å². The lowest BCUT2D eigenvalue weighted by Crippen LogP contribution is -2.11. The van der Waals surface area contributed by atoms with Gasteiger partial charge in [0.1, 0.15) is 5.82 Å². The van der Waals surface area contributed by atoms with Crippen LogP contribution in [-0.2, 0) is 6.42 Å². The van der Waals surface area contributed by atoms with Crippen molar-refractivity contribution in [2.75, 3.05) is 11.6 Å². The third-order valence-electron chi connectivity index (χ3n) is 3.85. The Labute approximate surface area is 123 Å². The summed E-state index contributed by atoms with van der Waals surface area (Å²) in [5.74, 6) is 0.980. The molecule has 3 aromatic rings. The molecular weight excluding hydrogens is 260 g/mol. The van der Waals surface area contributed by atoms with Crippen LogP contribution in [0.2, 0.25) is 0 Å². The maximum atomic E-state index is 4.77. The third kappa shape index (κ3) is 2.29. The van der Waals surface area contributed by atoms with Crippen LogP contribution in [0.5, 0.6) is 0 Å². The van der Waals surface area contributed by atoms with E-state index >= 15 is 0 Å². The molecule has 1 aliphatic rings. The van der Waals surface area contributed by atoms with E-state index < -0.39 is 0 Å². The van der Waals surface area contributed by atoms with E-state index in [1.165, 1.54) is 22.2 Å². The van der Waals surface area contributed by atoms with Gasteiger partial charge in [0.2, 0.25) is 0 Å². The quantitative estimate of drug-likeness (QED) is 0.797. The average molecular weight is 276 g/mol. The summed E-state index contributed by atoms with van der Waals surface area (Å²) >= 11 is 0. The summed E-state index contributed by atoms with van der Waals surface area (Å²) in [5.41, 5.74) is 2.36. The minimum absolute atomic E-state index is 0.800. The highest BCUT2D eigenvalue weighted by molar-refractivity contribution is 5.96. The molecule has 0 radical (unpaired) electrons. The molecule has 2 heterocycles. The first-order chi connectivity index (χ1) is 10.4. The van der Waals surface area contributed by atoms with Crippen LogP contribution in [0.15, 0.2) is 60.0 Å². The van der Waals surface area contributed by atoms with Crippen LogP contribution in [-0.4, -0.2) is 22.2 Å². The van der Waals surface area contributed by atoms with Crippen molar-refractivity contribution in [3.05, 3.63) is 60.7 Å². The second kappa shape index (κ2) is 5.05. The van der Waals surface area contributed by atoms with Crippen LogP contribution in [0.1, 0.15) is 12.2 Å². The van der Waals surface area contributed by atoms with E-state index in [0.717, 1.165) is 25.2 Å². The van der Waals surface area contributed by atoms with E-state index in [1.807, 2.05) is 6.20 Å². The number of hydrazone groups is 1. The smallest absolute Gasteiger partial charge is 0.111 e. The largest absolute Gasteiger partial charge is 0.348 e. The molecule has 4 heteroatoms. The third-order valence-corrected chi connectivity index (χ3v) is 3.85. The van der Waals surface area contributed by atoms with Crippen LogP contribution in [0, 0.1) is 0 Å². The predicted octanol–water partition coefficient (Wildman–Crippen LogP) is 3.37. The van der Waals surface area contributed by atoms with Gasteiger partial charge in [-0.05, 0) is 11.5 Å². The summed E-state index contributed by atoms with van der Waals surface area (Å²) in [6.07, 6.45) is 5.43. The molecule has 0 amide bonds. The molecule has 0 aliphatic carbocycles. The first kappa shape index (κ1) is 12.1. The normalized spacial score (nSPS) is 14.7. The first-order valence-electron chi connectivity index (χ1n) is 7.20. The van der Waals surface area contributed by atoms with Crippen LogP contribution >= 0.6 is 0 Å². The van der Waals surface area contributed by atoms with Crippen LogP contribution in [0.25, 0.3) is 10.8 Å². The number of H-pyrrole nitrogens is 1. The number of imidazole rings is 1. The van der Waals surface area contributed by atoms with E-state index in [4.69, 9.17) is 5.10 Å². The number of fused-ring (bicyclic) bond motifs is 1. The van der Waals surface area contributed by atoms with Gasteiger partial charge in [-0.1, -0.05) is 36.4 Å². The number of rotatable bonds is 3. The SMILES string of the molecule is c1ccc2c(N3CCC(Cc4ncc[nH]4)=N3)cccc2c1. The summed E-state index contributed by atoms with van der Waals surface area (Å²) in [4.78, 5) is 7.41. The van der Waals surface area contributed by atoms with Crippen molar-refractivity contribution in [2.45, 2.75) is 12.8 Å². The second-order valence-corrected chi connectivity index (χ2v) is 5.25. The number of nitrogens with one attached hydrogen (secondary N) is 1. The molecule has 0 fully saturated rings. The Balaban J connectivity index is 1.66. The topological polar surface area (TPSA) is 44.3 Å². The maximum absolute atomic E-state index is 4.77. The molecule has 1 aromatic heterocycles. The predicted molar refractivity (Wildman–Crippen MR) is 85.6 cm³/mol. The summed E-state index contributed by atoms with van der Waals surface area (Å²) in [5, 5.41) is 9.39. The summed E-state index contributed by atoms with van der Waals surface area (Å²) < 4.78 is 0. The standard InChI is InChI=1S/C17H16N4/c1-2-6-15-13(4-1)5-3-7-16(15)21-11-8-14(20-21)12-17-18-9-10-19-17/h1-7,9-10H,8,11-12H2,(H,18,19). The van der Waals surface area contributed by atoms with Crippen molar-refractivity contribution >= 4 is 22.2 Å². The first-order valence-corrected chi connectivity index (χ1v) is 7.20. The number of anilines is 1. The van der Waals surface area contributed by atoms with Gasteiger partial charge in [0.25, 0.3) is 0 Å². The average Bonchev–Trinajstić information content (AvgIpc) is 3.19. The maximum Gasteiger partial charge on any atom is 0.111 e. The Bertz CT molecular complexity index is 784. The molecular formula is C17H16N4. The number of hydrogen-bond donors (Lipinski definition) is 1. The van der Waals surface area contributed by atoms with Gasteiger partial charge in [0.15, 0.2) is 0 Å². The van der Waals surface area contributed by atoms with Gasteiger partial charge in [0, 0.05) is 42.9 Å². The van der Waals surface area contributed by atoms with Crippen molar-refractivity contribution in [2.24, 2.45) is 5.10 Å². The molecule has 0 atom stereocenters. The molecule has 4 nitrogen and oxygen atoms in total. The van der Waals surface area contributed by atoms with Gasteiger partial charge in [-0.2, -0.15) is 5.10 Å². The molecule has 1 N–H and O–H groups in total. The fraction of sp³-hybridized carbons (Fsp3) is 0.176. The monoisotopic (exact) mass is 276 g/mol. The van der Waals surface area contributed by atoms with Gasteiger partial charge in [-0.3, -0.25) is 5.01 Å². The minimum Gasteiger partial charge on any atom is -0.348 e. The number of aromatic amines is 1. The second-order valence-electron chi connectivity index (χ2n) is 5.25. The number of nitrogens with zero attached hydrogens (tertiary/aromatic N) is 3. The lowest BCUT2D eigenvalue weighted by Gasteiger charge is -2.16. The Kier molecular flexibility index (Phi) is 2.92. The summed E-state index contributed by atoms with van der Waals surface area (Å²) in [6.45, 7) is 0.935. The van der Waals surface area contributed by atoms with Crippen LogP contribution in [0.4, 0.5) is 5.69 Å².